The van der Waals surface area contributed by atoms with E-state index in [1.165, 1.54) is 0 Å². The van der Waals surface area contributed by atoms with Crippen LogP contribution in [0.4, 0.5) is 5.69 Å². The maximum absolute atomic E-state index is 12.5. The Kier molecular flexibility index (Phi) is 4.20. The minimum absolute atomic E-state index is 0.0945. The fourth-order valence-electron chi connectivity index (χ4n) is 3.79. The van der Waals surface area contributed by atoms with Crippen LogP contribution in [-0.4, -0.2) is 25.7 Å². The molecule has 0 N–H and O–H groups in total. The number of Topliss-reactive ketones (excluding diaryl/α,β-unsaturated/α-hetero) is 2. The third-order valence-corrected chi connectivity index (χ3v) is 4.98. The monoisotopic (exact) mass is 323 g/mol. The molecule has 1 aliphatic rings. The molecule has 0 atom stereocenters. The van der Waals surface area contributed by atoms with Crippen molar-refractivity contribution in [1.82, 2.24) is 0 Å². The molecular formula is C21H25NO2. The smallest absolute Gasteiger partial charge is 0.144 e. The lowest BCUT2D eigenvalue weighted by molar-refractivity contribution is -0.139. The van der Waals surface area contributed by atoms with Gasteiger partial charge in [0.15, 0.2) is 0 Å². The summed E-state index contributed by atoms with van der Waals surface area (Å²) in [5.41, 5.74) is 2.04. The molecule has 0 saturated heterocycles. The summed E-state index contributed by atoms with van der Waals surface area (Å²) in [7, 11) is 4.05. The lowest BCUT2D eigenvalue weighted by Crippen LogP contribution is -2.38. The van der Waals surface area contributed by atoms with Crippen molar-refractivity contribution < 1.29 is 9.59 Å². The van der Waals surface area contributed by atoms with Gasteiger partial charge >= 0.3 is 0 Å². The largest absolute Gasteiger partial charge is 0.377 e. The Morgan fingerprint density at radius 1 is 0.958 bits per heavy atom. The molecule has 126 valence electrons. The predicted octanol–water partition coefficient (Wildman–Crippen LogP) is 4.02. The Labute approximate surface area is 143 Å². The van der Waals surface area contributed by atoms with Crippen LogP contribution < -0.4 is 4.90 Å². The molecule has 0 aliphatic heterocycles. The Hall–Kier alpha value is -2.16. The zero-order valence-electron chi connectivity index (χ0n) is 14.9. The van der Waals surface area contributed by atoms with Gasteiger partial charge in [-0.05, 0) is 28.9 Å². The van der Waals surface area contributed by atoms with Gasteiger partial charge in [0.2, 0.25) is 0 Å². The normalized spacial score (nSPS) is 18.2. The Morgan fingerprint density at radius 3 is 2.12 bits per heavy atom. The van der Waals surface area contributed by atoms with E-state index >= 15 is 0 Å². The molecule has 0 unspecified atom stereocenters. The van der Waals surface area contributed by atoms with E-state index in [0.717, 1.165) is 22.0 Å². The van der Waals surface area contributed by atoms with Gasteiger partial charge in [-0.15, -0.1) is 0 Å². The van der Waals surface area contributed by atoms with Crippen LogP contribution in [0.25, 0.3) is 10.8 Å². The van der Waals surface area contributed by atoms with Crippen LogP contribution in [0.3, 0.4) is 0 Å². The average Bonchev–Trinajstić information content (AvgIpc) is 2.49. The highest BCUT2D eigenvalue weighted by Crippen LogP contribution is 2.36. The van der Waals surface area contributed by atoms with Crippen LogP contribution >= 0.6 is 0 Å². The van der Waals surface area contributed by atoms with E-state index in [1.54, 1.807) is 0 Å². The molecule has 0 aromatic heterocycles. The molecule has 0 amide bonds. The van der Waals surface area contributed by atoms with Crippen molar-refractivity contribution in [2.24, 2.45) is 11.3 Å². The van der Waals surface area contributed by atoms with E-state index in [9.17, 15) is 9.59 Å². The van der Waals surface area contributed by atoms with Gasteiger partial charge in [-0.2, -0.15) is 0 Å². The summed E-state index contributed by atoms with van der Waals surface area (Å²) in [4.78, 5) is 27.1. The number of anilines is 1. The lowest BCUT2D eigenvalue weighted by atomic mass is 9.70. The van der Waals surface area contributed by atoms with Crippen molar-refractivity contribution in [2.75, 3.05) is 19.0 Å². The molecule has 2 aromatic carbocycles. The van der Waals surface area contributed by atoms with Crippen molar-refractivity contribution in [3.05, 3.63) is 42.0 Å². The van der Waals surface area contributed by atoms with Gasteiger partial charge in [-0.1, -0.05) is 44.2 Å². The van der Waals surface area contributed by atoms with Gasteiger partial charge in [0.1, 0.15) is 11.6 Å². The van der Waals surface area contributed by atoms with E-state index in [4.69, 9.17) is 0 Å². The van der Waals surface area contributed by atoms with Crippen LogP contribution in [0.2, 0.25) is 0 Å². The van der Waals surface area contributed by atoms with Gasteiger partial charge in [-0.3, -0.25) is 9.59 Å². The number of rotatable bonds is 3. The standard InChI is InChI=1S/C21H25NO2/c1-21(2)12-19(23)17(20(24)13-21)11-14-9-10-18(22(3)4)16-8-6-5-7-15(14)16/h5-10,17H,11-13H2,1-4H3. The number of carbonyl (C=O) groups is 2. The highest BCUT2D eigenvalue weighted by molar-refractivity contribution is 6.06. The molecule has 3 rings (SSSR count). The van der Waals surface area contributed by atoms with Crippen molar-refractivity contribution >= 4 is 28.0 Å². The van der Waals surface area contributed by atoms with E-state index in [-0.39, 0.29) is 17.0 Å². The molecule has 1 fully saturated rings. The maximum Gasteiger partial charge on any atom is 0.144 e. The maximum atomic E-state index is 12.5. The number of carbonyl (C=O) groups excluding carboxylic acids is 2. The quantitative estimate of drug-likeness (QED) is 0.801. The van der Waals surface area contributed by atoms with Crippen molar-refractivity contribution in [2.45, 2.75) is 33.1 Å². The first-order valence-corrected chi connectivity index (χ1v) is 8.52. The summed E-state index contributed by atoms with van der Waals surface area (Å²) in [6.45, 7) is 4.00. The van der Waals surface area contributed by atoms with E-state index < -0.39 is 5.92 Å². The molecule has 2 aromatic rings. The van der Waals surface area contributed by atoms with Gasteiger partial charge in [0, 0.05) is 38.0 Å². The molecule has 3 heteroatoms. The first kappa shape index (κ1) is 16.7. The van der Waals surface area contributed by atoms with Crippen molar-refractivity contribution in [1.29, 1.82) is 0 Å². The molecule has 0 heterocycles. The predicted molar refractivity (Wildman–Crippen MR) is 98.5 cm³/mol. The highest BCUT2D eigenvalue weighted by Gasteiger charge is 2.39. The summed E-state index contributed by atoms with van der Waals surface area (Å²) in [5, 5.41) is 2.30. The van der Waals surface area contributed by atoms with Crippen LogP contribution in [0.1, 0.15) is 32.3 Å². The minimum Gasteiger partial charge on any atom is -0.377 e. The van der Waals surface area contributed by atoms with E-state index in [0.29, 0.717) is 19.3 Å². The van der Waals surface area contributed by atoms with Gasteiger partial charge < -0.3 is 4.90 Å². The second-order valence-electron chi connectivity index (χ2n) is 7.89. The topological polar surface area (TPSA) is 37.4 Å². The Balaban J connectivity index is 1.98. The van der Waals surface area contributed by atoms with Crippen LogP contribution in [0, 0.1) is 11.3 Å². The molecular weight excluding hydrogens is 298 g/mol. The zero-order chi connectivity index (χ0) is 17.5. The molecule has 3 nitrogen and oxygen atoms in total. The molecule has 0 bridgehead atoms. The first-order chi connectivity index (χ1) is 11.3. The minimum atomic E-state index is -0.480. The summed E-state index contributed by atoms with van der Waals surface area (Å²) >= 11 is 0. The first-order valence-electron chi connectivity index (χ1n) is 8.52. The second kappa shape index (κ2) is 6.04. The molecule has 24 heavy (non-hydrogen) atoms. The second-order valence-corrected chi connectivity index (χ2v) is 7.89. The number of benzene rings is 2. The molecule has 0 radical (unpaired) electrons. The number of hydrogen-bond donors (Lipinski definition) is 0. The third kappa shape index (κ3) is 3.08. The fourth-order valence-corrected chi connectivity index (χ4v) is 3.79. The Morgan fingerprint density at radius 2 is 1.54 bits per heavy atom. The number of ketones is 2. The number of hydrogen-bond acceptors (Lipinski definition) is 3. The lowest BCUT2D eigenvalue weighted by Gasteiger charge is -2.32. The zero-order valence-corrected chi connectivity index (χ0v) is 14.9. The van der Waals surface area contributed by atoms with Crippen molar-refractivity contribution in [3.63, 3.8) is 0 Å². The third-order valence-electron chi connectivity index (χ3n) is 4.98. The summed E-state index contributed by atoms with van der Waals surface area (Å²) in [6.07, 6.45) is 1.51. The van der Waals surface area contributed by atoms with Crippen LogP contribution in [0.5, 0.6) is 0 Å². The number of fused-ring (bicyclic) bond motifs is 1. The fraction of sp³-hybridized carbons (Fsp3) is 0.429. The van der Waals surface area contributed by atoms with Crippen molar-refractivity contribution in [3.8, 4) is 0 Å². The van der Waals surface area contributed by atoms with Gasteiger partial charge in [0.25, 0.3) is 0 Å². The van der Waals surface area contributed by atoms with Crippen LogP contribution in [-0.2, 0) is 16.0 Å². The van der Waals surface area contributed by atoms with Gasteiger partial charge in [0.05, 0.1) is 5.92 Å². The van der Waals surface area contributed by atoms with Crippen LogP contribution in [0.15, 0.2) is 36.4 Å². The molecule has 1 saturated carbocycles. The Bertz CT molecular complexity index is 785. The average molecular weight is 323 g/mol. The summed E-state index contributed by atoms with van der Waals surface area (Å²) in [6, 6.07) is 12.4. The van der Waals surface area contributed by atoms with E-state index in [1.807, 2.05) is 40.1 Å². The number of nitrogens with zero attached hydrogens (tertiary/aromatic N) is 1. The summed E-state index contributed by atoms with van der Waals surface area (Å²) < 4.78 is 0. The molecule has 1 aliphatic carbocycles. The molecule has 0 spiro atoms. The SMILES string of the molecule is CN(C)c1ccc(CC2C(=O)CC(C)(C)CC2=O)c2ccccc12. The van der Waals surface area contributed by atoms with Gasteiger partial charge in [-0.25, -0.2) is 0 Å². The highest BCUT2D eigenvalue weighted by atomic mass is 16.2. The van der Waals surface area contributed by atoms with E-state index in [2.05, 4.69) is 29.2 Å². The summed E-state index contributed by atoms with van der Waals surface area (Å²) in [5.74, 6) is -0.291.